The second-order valence-corrected chi connectivity index (χ2v) is 5.37. The molecular weight excluding hydrogens is 290 g/mol. The van der Waals surface area contributed by atoms with Gasteiger partial charge in [-0.2, -0.15) is 0 Å². The second kappa shape index (κ2) is 6.48. The van der Waals surface area contributed by atoms with E-state index < -0.39 is 0 Å². The molecule has 4 nitrogen and oxygen atoms in total. The molecule has 1 aromatic heterocycles. The zero-order valence-corrected chi connectivity index (χ0v) is 13.1. The van der Waals surface area contributed by atoms with Crippen LogP contribution in [0.3, 0.4) is 0 Å². The third kappa shape index (κ3) is 3.31. The molecule has 0 saturated heterocycles. The first-order chi connectivity index (χ1) is 11.1. The van der Waals surface area contributed by atoms with E-state index in [9.17, 15) is 4.79 Å². The van der Waals surface area contributed by atoms with Crippen LogP contribution in [0.4, 0.5) is 0 Å². The highest BCUT2D eigenvalue weighted by molar-refractivity contribution is 5.91. The van der Waals surface area contributed by atoms with E-state index in [0.717, 1.165) is 16.7 Å². The van der Waals surface area contributed by atoms with Crippen LogP contribution in [-0.4, -0.2) is 11.1 Å². The van der Waals surface area contributed by atoms with Crippen LogP contribution in [0.15, 0.2) is 59.1 Å². The molecule has 0 atom stereocenters. The van der Waals surface area contributed by atoms with Crippen molar-refractivity contribution in [1.29, 1.82) is 0 Å². The van der Waals surface area contributed by atoms with E-state index in [1.54, 1.807) is 12.1 Å². The van der Waals surface area contributed by atoms with Crippen LogP contribution in [0.5, 0.6) is 0 Å². The normalized spacial score (nSPS) is 10.5. The van der Waals surface area contributed by atoms with Gasteiger partial charge < -0.3 is 9.26 Å². The molecule has 3 rings (SSSR count). The van der Waals surface area contributed by atoms with Crippen molar-refractivity contribution in [2.24, 2.45) is 0 Å². The lowest BCUT2D eigenvalue weighted by Crippen LogP contribution is -2.08. The molecule has 0 aliphatic heterocycles. The highest BCUT2D eigenvalue weighted by atomic mass is 16.5. The molecule has 4 heteroatoms. The van der Waals surface area contributed by atoms with Gasteiger partial charge in [0.1, 0.15) is 12.3 Å². The number of carbonyl (C=O) groups is 1. The number of rotatable bonds is 4. The Balaban J connectivity index is 1.68. The van der Waals surface area contributed by atoms with Gasteiger partial charge in [0.15, 0.2) is 5.76 Å². The minimum atomic E-state index is -0.351. The van der Waals surface area contributed by atoms with Crippen molar-refractivity contribution in [2.75, 3.05) is 0 Å². The summed E-state index contributed by atoms with van der Waals surface area (Å²) in [5.41, 5.74) is 4.10. The van der Waals surface area contributed by atoms with Crippen LogP contribution in [-0.2, 0) is 11.3 Å². The molecule has 0 spiro atoms. The second-order valence-electron chi connectivity index (χ2n) is 5.37. The van der Waals surface area contributed by atoms with E-state index in [2.05, 4.69) is 5.16 Å². The quantitative estimate of drug-likeness (QED) is 0.674. The maximum atomic E-state index is 12.2. The molecular formula is C19H17NO3. The Morgan fingerprint density at radius 3 is 2.65 bits per heavy atom. The van der Waals surface area contributed by atoms with E-state index in [0.29, 0.717) is 17.0 Å². The Labute approximate surface area is 134 Å². The molecule has 0 amide bonds. The Hall–Kier alpha value is -2.88. The number of carbonyl (C=O) groups excluding carboxylic acids is 1. The van der Waals surface area contributed by atoms with Crippen LogP contribution >= 0.6 is 0 Å². The maximum absolute atomic E-state index is 12.2. The van der Waals surface area contributed by atoms with Gasteiger partial charge in [0.2, 0.25) is 0 Å². The zero-order chi connectivity index (χ0) is 16.2. The first-order valence-electron chi connectivity index (χ1n) is 7.39. The first kappa shape index (κ1) is 15.0. The van der Waals surface area contributed by atoms with Crippen LogP contribution < -0.4 is 0 Å². The summed E-state index contributed by atoms with van der Waals surface area (Å²) >= 11 is 0. The molecule has 0 radical (unpaired) electrons. The molecule has 1 heterocycles. The molecule has 0 saturated carbocycles. The maximum Gasteiger partial charge on any atom is 0.338 e. The monoisotopic (exact) mass is 307 g/mol. The van der Waals surface area contributed by atoms with Crippen molar-refractivity contribution < 1.29 is 14.1 Å². The fourth-order valence-corrected chi connectivity index (χ4v) is 2.31. The predicted octanol–water partition coefficient (Wildman–Crippen LogP) is 4.32. The van der Waals surface area contributed by atoms with Crippen molar-refractivity contribution >= 4 is 5.97 Å². The molecule has 3 aromatic rings. The molecule has 0 unspecified atom stereocenters. The average molecular weight is 307 g/mol. The molecule has 23 heavy (non-hydrogen) atoms. The summed E-state index contributed by atoms with van der Waals surface area (Å²) in [7, 11) is 0. The van der Waals surface area contributed by atoms with Crippen LogP contribution in [0, 0.1) is 13.8 Å². The number of aromatic nitrogens is 1. The molecule has 0 aliphatic rings. The van der Waals surface area contributed by atoms with Crippen molar-refractivity contribution in [1.82, 2.24) is 5.16 Å². The Morgan fingerprint density at radius 1 is 1.09 bits per heavy atom. The molecule has 0 fully saturated rings. The number of nitrogens with zero attached hydrogens (tertiary/aromatic N) is 1. The molecule has 0 N–H and O–H groups in total. The summed E-state index contributed by atoms with van der Waals surface area (Å²) in [6.07, 6.45) is 0. The lowest BCUT2D eigenvalue weighted by atomic mass is 10.0. The third-order valence-corrected chi connectivity index (χ3v) is 3.79. The Kier molecular flexibility index (Phi) is 4.24. The van der Waals surface area contributed by atoms with Crippen molar-refractivity contribution in [3.8, 4) is 11.3 Å². The minimum absolute atomic E-state index is 0.0859. The van der Waals surface area contributed by atoms with Crippen LogP contribution in [0.1, 0.15) is 27.2 Å². The van der Waals surface area contributed by atoms with Gasteiger partial charge in [0.05, 0.1) is 5.56 Å². The fraction of sp³-hybridized carbons (Fsp3) is 0.158. The molecule has 0 aliphatic carbocycles. The summed E-state index contributed by atoms with van der Waals surface area (Å²) in [4.78, 5) is 12.2. The predicted molar refractivity (Wildman–Crippen MR) is 87.0 cm³/mol. The summed E-state index contributed by atoms with van der Waals surface area (Å²) in [6, 6.07) is 17.0. The number of aryl methyl sites for hydroxylation is 1. The average Bonchev–Trinajstić information content (AvgIpc) is 3.05. The van der Waals surface area contributed by atoms with Gasteiger partial charge in [-0.15, -0.1) is 0 Å². The molecule has 0 bridgehead atoms. The summed E-state index contributed by atoms with van der Waals surface area (Å²) in [6.45, 7) is 3.97. The van der Waals surface area contributed by atoms with Gasteiger partial charge in [-0.3, -0.25) is 0 Å². The lowest BCUT2D eigenvalue weighted by molar-refractivity contribution is 0.0463. The van der Waals surface area contributed by atoms with Crippen LogP contribution in [0.25, 0.3) is 11.3 Å². The minimum Gasteiger partial charge on any atom is -0.455 e. The van der Waals surface area contributed by atoms with Gasteiger partial charge in [-0.25, -0.2) is 4.79 Å². The van der Waals surface area contributed by atoms with Crippen molar-refractivity contribution in [3.05, 3.63) is 77.0 Å². The number of benzene rings is 2. The van der Waals surface area contributed by atoms with Gasteiger partial charge in [0.25, 0.3) is 0 Å². The smallest absolute Gasteiger partial charge is 0.338 e. The van der Waals surface area contributed by atoms with Gasteiger partial charge in [-0.1, -0.05) is 47.6 Å². The van der Waals surface area contributed by atoms with Crippen molar-refractivity contribution in [3.63, 3.8) is 0 Å². The van der Waals surface area contributed by atoms with Gasteiger partial charge in [-0.05, 0) is 31.0 Å². The number of hydrogen-bond donors (Lipinski definition) is 0. The van der Waals surface area contributed by atoms with Gasteiger partial charge >= 0.3 is 5.97 Å². The largest absolute Gasteiger partial charge is 0.455 e. The van der Waals surface area contributed by atoms with E-state index in [1.807, 2.05) is 56.3 Å². The van der Waals surface area contributed by atoms with Gasteiger partial charge in [0, 0.05) is 11.6 Å². The van der Waals surface area contributed by atoms with E-state index >= 15 is 0 Å². The number of esters is 1. The SMILES string of the molecule is Cc1cccc(C(=O)OCc2cc(-c3ccccc3)on2)c1C. The fourth-order valence-electron chi connectivity index (χ4n) is 2.31. The van der Waals surface area contributed by atoms with E-state index in [1.165, 1.54) is 0 Å². The van der Waals surface area contributed by atoms with E-state index in [4.69, 9.17) is 9.26 Å². The lowest BCUT2D eigenvalue weighted by Gasteiger charge is -2.07. The Bertz CT molecular complexity index is 822. The van der Waals surface area contributed by atoms with E-state index in [-0.39, 0.29) is 12.6 Å². The first-order valence-corrected chi connectivity index (χ1v) is 7.39. The standard InChI is InChI=1S/C19H17NO3/c1-13-7-6-10-17(14(13)2)19(21)22-12-16-11-18(23-20-16)15-8-4-3-5-9-15/h3-11H,12H2,1-2H3. The summed E-state index contributed by atoms with van der Waals surface area (Å²) < 4.78 is 10.6. The van der Waals surface area contributed by atoms with Crippen LogP contribution in [0.2, 0.25) is 0 Å². The third-order valence-electron chi connectivity index (χ3n) is 3.79. The highest BCUT2D eigenvalue weighted by Gasteiger charge is 2.13. The topological polar surface area (TPSA) is 52.3 Å². The Morgan fingerprint density at radius 2 is 1.87 bits per heavy atom. The molecule has 116 valence electrons. The van der Waals surface area contributed by atoms with Crippen molar-refractivity contribution in [2.45, 2.75) is 20.5 Å². The zero-order valence-electron chi connectivity index (χ0n) is 13.1. The number of hydrogen-bond acceptors (Lipinski definition) is 4. The summed E-state index contributed by atoms with van der Waals surface area (Å²) in [5.74, 6) is 0.304. The number of ether oxygens (including phenoxy) is 1. The highest BCUT2D eigenvalue weighted by Crippen LogP contribution is 2.20. The molecule has 2 aromatic carbocycles. The summed E-state index contributed by atoms with van der Waals surface area (Å²) in [5, 5.41) is 3.95.